The van der Waals surface area contributed by atoms with Gasteiger partial charge < -0.3 is 15.4 Å². The number of ether oxygens (including phenoxy) is 1. The number of amides is 1. The van der Waals surface area contributed by atoms with Gasteiger partial charge in [0, 0.05) is 19.2 Å². The van der Waals surface area contributed by atoms with E-state index in [2.05, 4.69) is 42.5 Å². The number of fused-ring (bicyclic) bond motifs is 1. The van der Waals surface area contributed by atoms with E-state index in [-0.39, 0.29) is 11.4 Å². The zero-order valence-corrected chi connectivity index (χ0v) is 16.4. The predicted molar refractivity (Wildman–Crippen MR) is 113 cm³/mol. The molecule has 0 aliphatic heterocycles. The molecule has 1 aliphatic rings. The van der Waals surface area contributed by atoms with Gasteiger partial charge in [0.25, 0.3) is 5.91 Å². The van der Waals surface area contributed by atoms with Crippen molar-refractivity contribution in [1.82, 2.24) is 4.90 Å². The first-order chi connectivity index (χ1) is 13.6. The number of hydrogen-bond donors (Lipinski definition) is 1. The Morgan fingerprint density at radius 3 is 2.61 bits per heavy atom. The molecular formula is C24H26N2O2. The Morgan fingerprint density at radius 1 is 1.11 bits per heavy atom. The topological polar surface area (TPSA) is 55.6 Å². The number of carbonyl (C=O) groups excluding carboxylic acids is 1. The maximum atomic E-state index is 13.4. The monoisotopic (exact) mass is 374 g/mol. The van der Waals surface area contributed by atoms with Crippen molar-refractivity contribution in [1.29, 1.82) is 0 Å². The Hall–Kier alpha value is -2.85. The summed E-state index contributed by atoms with van der Waals surface area (Å²) in [7, 11) is 1.92. The van der Waals surface area contributed by atoms with E-state index in [1.165, 1.54) is 16.3 Å². The van der Waals surface area contributed by atoms with Crippen molar-refractivity contribution in [3.63, 3.8) is 0 Å². The van der Waals surface area contributed by atoms with Crippen molar-refractivity contribution in [2.24, 2.45) is 5.73 Å². The minimum atomic E-state index is -0.238. The maximum absolute atomic E-state index is 13.4. The van der Waals surface area contributed by atoms with E-state index in [1.54, 1.807) is 0 Å². The first kappa shape index (κ1) is 18.5. The summed E-state index contributed by atoms with van der Waals surface area (Å²) in [5.41, 5.74) is 8.15. The van der Waals surface area contributed by atoms with Gasteiger partial charge in [-0.05, 0) is 53.8 Å². The summed E-state index contributed by atoms with van der Waals surface area (Å²) >= 11 is 0. The Labute approximate surface area is 165 Å². The van der Waals surface area contributed by atoms with Crippen LogP contribution >= 0.6 is 0 Å². The fraction of sp³-hybridized carbons (Fsp3) is 0.292. The van der Waals surface area contributed by atoms with Crippen molar-refractivity contribution >= 4 is 16.7 Å². The SMILES string of the molecule is Cc1ccc(OCCN)cc1C(=O)N(C)C1(c2cccc3ccccc23)CC1. The molecule has 0 saturated heterocycles. The number of benzene rings is 3. The highest BCUT2D eigenvalue weighted by Gasteiger charge is 2.50. The van der Waals surface area contributed by atoms with Crippen LogP contribution in [0.5, 0.6) is 5.75 Å². The summed E-state index contributed by atoms with van der Waals surface area (Å²) in [6.45, 7) is 2.85. The van der Waals surface area contributed by atoms with Gasteiger partial charge in [-0.3, -0.25) is 4.79 Å². The van der Waals surface area contributed by atoms with Crippen LogP contribution in [0.15, 0.2) is 60.7 Å². The van der Waals surface area contributed by atoms with Crippen LogP contribution in [0.4, 0.5) is 0 Å². The van der Waals surface area contributed by atoms with Crippen LogP contribution < -0.4 is 10.5 Å². The molecule has 0 heterocycles. The molecule has 4 rings (SSSR count). The Morgan fingerprint density at radius 2 is 1.86 bits per heavy atom. The van der Waals surface area contributed by atoms with Crippen LogP contribution in [-0.2, 0) is 5.54 Å². The summed E-state index contributed by atoms with van der Waals surface area (Å²) in [6.07, 6.45) is 1.96. The highest BCUT2D eigenvalue weighted by Crippen LogP contribution is 2.52. The summed E-state index contributed by atoms with van der Waals surface area (Å²) < 4.78 is 5.63. The molecule has 1 saturated carbocycles. The van der Waals surface area contributed by atoms with Gasteiger partial charge in [-0.1, -0.05) is 48.5 Å². The lowest BCUT2D eigenvalue weighted by atomic mass is 9.95. The van der Waals surface area contributed by atoms with Crippen molar-refractivity contribution in [2.45, 2.75) is 25.3 Å². The van der Waals surface area contributed by atoms with E-state index < -0.39 is 0 Å². The van der Waals surface area contributed by atoms with Crippen molar-refractivity contribution < 1.29 is 9.53 Å². The molecule has 0 aromatic heterocycles. The molecule has 3 aromatic carbocycles. The third-order valence-electron chi connectivity index (χ3n) is 5.79. The molecule has 2 N–H and O–H groups in total. The van der Waals surface area contributed by atoms with Crippen LogP contribution in [0.1, 0.15) is 34.3 Å². The smallest absolute Gasteiger partial charge is 0.254 e. The molecule has 1 amide bonds. The van der Waals surface area contributed by atoms with Crippen molar-refractivity contribution in [3.8, 4) is 5.75 Å². The van der Waals surface area contributed by atoms with Crippen molar-refractivity contribution in [2.75, 3.05) is 20.2 Å². The number of hydrogen-bond acceptors (Lipinski definition) is 3. The van der Waals surface area contributed by atoms with Crippen LogP contribution in [-0.4, -0.2) is 31.0 Å². The van der Waals surface area contributed by atoms with Gasteiger partial charge in [0.05, 0.1) is 5.54 Å². The van der Waals surface area contributed by atoms with Gasteiger partial charge in [0.2, 0.25) is 0 Å². The van der Waals surface area contributed by atoms with Gasteiger partial charge in [-0.25, -0.2) is 0 Å². The summed E-state index contributed by atoms with van der Waals surface area (Å²) in [4.78, 5) is 15.4. The predicted octanol–water partition coefficient (Wildman–Crippen LogP) is 4.25. The van der Waals surface area contributed by atoms with Crippen LogP contribution in [0.25, 0.3) is 10.8 Å². The van der Waals surface area contributed by atoms with Crippen LogP contribution in [0.3, 0.4) is 0 Å². The largest absolute Gasteiger partial charge is 0.492 e. The second-order valence-corrected chi connectivity index (χ2v) is 7.54. The first-order valence-corrected chi connectivity index (χ1v) is 9.77. The zero-order chi connectivity index (χ0) is 19.7. The summed E-state index contributed by atoms with van der Waals surface area (Å²) in [5.74, 6) is 0.712. The summed E-state index contributed by atoms with van der Waals surface area (Å²) in [5, 5.41) is 2.43. The van der Waals surface area contributed by atoms with E-state index in [0.717, 1.165) is 18.4 Å². The van der Waals surface area contributed by atoms with Crippen molar-refractivity contribution in [3.05, 3.63) is 77.4 Å². The zero-order valence-electron chi connectivity index (χ0n) is 16.4. The molecule has 0 bridgehead atoms. The number of nitrogens with zero attached hydrogens (tertiary/aromatic N) is 1. The lowest BCUT2D eigenvalue weighted by Crippen LogP contribution is -2.37. The quantitative estimate of drug-likeness (QED) is 0.702. The van der Waals surface area contributed by atoms with E-state index >= 15 is 0 Å². The van der Waals surface area contributed by atoms with Gasteiger partial charge in [-0.2, -0.15) is 0 Å². The van der Waals surface area contributed by atoms with E-state index in [1.807, 2.05) is 37.1 Å². The van der Waals surface area contributed by atoms with Gasteiger partial charge >= 0.3 is 0 Å². The molecule has 0 radical (unpaired) electrons. The van der Waals surface area contributed by atoms with Crippen LogP contribution in [0, 0.1) is 6.92 Å². The Balaban J connectivity index is 1.69. The van der Waals surface area contributed by atoms with Gasteiger partial charge in [0.15, 0.2) is 0 Å². The minimum Gasteiger partial charge on any atom is -0.492 e. The molecule has 0 unspecified atom stereocenters. The molecule has 1 fully saturated rings. The molecular weight excluding hydrogens is 348 g/mol. The molecule has 28 heavy (non-hydrogen) atoms. The lowest BCUT2D eigenvalue weighted by molar-refractivity contribution is 0.0705. The fourth-order valence-electron chi connectivity index (χ4n) is 4.01. The molecule has 4 nitrogen and oxygen atoms in total. The average molecular weight is 374 g/mol. The number of aryl methyl sites for hydroxylation is 1. The third kappa shape index (κ3) is 3.14. The van der Waals surface area contributed by atoms with E-state index in [9.17, 15) is 4.79 Å². The summed E-state index contributed by atoms with van der Waals surface area (Å²) in [6, 6.07) is 20.4. The molecule has 0 atom stereocenters. The second-order valence-electron chi connectivity index (χ2n) is 7.54. The number of rotatable bonds is 6. The van der Waals surface area contributed by atoms with Crippen LogP contribution in [0.2, 0.25) is 0 Å². The maximum Gasteiger partial charge on any atom is 0.254 e. The van der Waals surface area contributed by atoms with E-state index in [4.69, 9.17) is 10.5 Å². The highest BCUT2D eigenvalue weighted by atomic mass is 16.5. The Bertz CT molecular complexity index is 1020. The lowest BCUT2D eigenvalue weighted by Gasteiger charge is -2.30. The standard InChI is InChI=1S/C24H26N2O2/c1-17-10-11-19(28-15-14-25)16-21(17)23(27)26(2)24(12-13-24)22-9-5-7-18-6-3-4-8-20(18)22/h3-11,16H,12-15,25H2,1-2H3. The molecule has 0 spiro atoms. The normalized spacial score (nSPS) is 14.7. The highest BCUT2D eigenvalue weighted by molar-refractivity contribution is 5.97. The van der Waals surface area contributed by atoms with E-state index in [0.29, 0.717) is 24.5 Å². The number of carbonyl (C=O) groups is 1. The average Bonchev–Trinajstić information content (AvgIpc) is 3.53. The second kappa shape index (κ2) is 7.28. The fourth-order valence-corrected chi connectivity index (χ4v) is 4.01. The first-order valence-electron chi connectivity index (χ1n) is 9.77. The van der Waals surface area contributed by atoms with Gasteiger partial charge in [0.1, 0.15) is 12.4 Å². The molecule has 4 heteroatoms. The molecule has 144 valence electrons. The third-order valence-corrected chi connectivity index (χ3v) is 5.79. The minimum absolute atomic E-state index is 0.0288. The molecule has 1 aliphatic carbocycles. The Kier molecular flexibility index (Phi) is 4.82. The van der Waals surface area contributed by atoms with Gasteiger partial charge in [-0.15, -0.1) is 0 Å². The number of nitrogens with two attached hydrogens (primary N) is 1. The molecule has 3 aromatic rings.